The Morgan fingerprint density at radius 1 is 0.571 bits per heavy atom. The summed E-state index contributed by atoms with van der Waals surface area (Å²) in [5.41, 5.74) is 4.82. The van der Waals surface area contributed by atoms with Gasteiger partial charge in [0.1, 0.15) is 6.04 Å². The van der Waals surface area contributed by atoms with Crippen LogP contribution in [0.1, 0.15) is 229 Å². The van der Waals surface area contributed by atoms with Crippen LogP contribution in [0.25, 0.3) is 0 Å². The molecule has 12 heteroatoms. The lowest BCUT2D eigenvalue weighted by molar-refractivity contribution is -0.130. The number of ether oxygens (including phenoxy) is 1. The van der Waals surface area contributed by atoms with Crippen LogP contribution < -0.4 is 37.6 Å². The fourth-order valence-electron chi connectivity index (χ4n) is 4.97. The predicted molar refractivity (Wildman–Crippen MR) is 285 cm³/mol. The van der Waals surface area contributed by atoms with Crippen molar-refractivity contribution >= 4 is 17.7 Å². The highest BCUT2D eigenvalue weighted by atomic mass is 16.5. The number of hydrogen-bond acceptors (Lipinski definition) is 9. The van der Waals surface area contributed by atoms with Gasteiger partial charge in [-0.3, -0.25) is 14.4 Å². The third kappa shape index (κ3) is 64.5. The second kappa shape index (κ2) is 71.8. The fourth-order valence-corrected chi connectivity index (χ4v) is 4.97. The molecule has 0 rings (SSSR count). The quantitative estimate of drug-likeness (QED) is 0.0372. The van der Waals surface area contributed by atoms with E-state index < -0.39 is 11.6 Å². The Bertz CT molecular complexity index is 813. The van der Waals surface area contributed by atoms with Gasteiger partial charge in [0, 0.05) is 13.6 Å². The summed E-state index contributed by atoms with van der Waals surface area (Å²) in [6, 6.07) is -1.13. The molecule has 0 bridgehead atoms. The monoisotopic (exact) mass is 914 g/mol. The van der Waals surface area contributed by atoms with Gasteiger partial charge >= 0.3 is 0 Å². The lowest BCUT2D eigenvalue weighted by Gasteiger charge is -2.33. The first kappa shape index (κ1) is 84.6. The largest absolute Gasteiger partial charge is 0.390 e. The number of nitrogens with two attached hydrogens (primary N) is 1. The van der Waals surface area contributed by atoms with Crippen LogP contribution in [0.15, 0.2) is 0 Å². The van der Waals surface area contributed by atoms with Crippen molar-refractivity contribution in [2.24, 2.45) is 11.7 Å². The van der Waals surface area contributed by atoms with Gasteiger partial charge in [-0.1, -0.05) is 144 Å². The summed E-state index contributed by atoms with van der Waals surface area (Å²) in [7, 11) is 7.02. The van der Waals surface area contributed by atoms with Crippen molar-refractivity contribution in [1.29, 1.82) is 0 Å². The van der Waals surface area contributed by atoms with Gasteiger partial charge in [0.15, 0.2) is 0 Å². The summed E-state index contributed by atoms with van der Waals surface area (Å²) in [5.74, 6) is 0.171. The number of likely N-dealkylation sites (N-methyl/N-ethyl adjacent to an activating group) is 3. The maximum atomic E-state index is 12.6. The van der Waals surface area contributed by atoms with Gasteiger partial charge < -0.3 is 47.5 Å². The summed E-state index contributed by atoms with van der Waals surface area (Å²) in [6.45, 7) is 47.1. The standard InChI is InChI=1S/C22H47N7O3.C13H28O2.8C2H6/c1-24-15-9-6-12-17(25-2)21(31)28-16-10-7-13-19(20(30)27-4)29-22(32)18(26-3)11-5-8-14-23;1-7-8-11(2)13(5,6)15-10-9-12(3,4)14;8*1-2/h17-19,24-26H,5-16,23H2,1-4H3,(H,27,30)(H,28,31)(H,29,32);11,14H,7-10H2,1-6H3;8*1-2H3. The zero-order valence-electron chi connectivity index (χ0n) is 47.8. The Morgan fingerprint density at radius 2 is 0.968 bits per heavy atom. The number of carbonyl (C=O) groups is 3. The number of carbonyl (C=O) groups excluding carboxylic acids is 3. The van der Waals surface area contributed by atoms with Crippen molar-refractivity contribution in [2.45, 2.75) is 259 Å². The first-order chi connectivity index (χ1) is 30.1. The number of rotatable bonds is 27. The molecule has 0 aromatic rings. The molecule has 3 amide bonds. The first-order valence-corrected chi connectivity index (χ1v) is 26.0. The summed E-state index contributed by atoms with van der Waals surface area (Å²) in [4.78, 5) is 37.1. The predicted octanol–water partition coefficient (Wildman–Crippen LogP) is 10.8. The minimum Gasteiger partial charge on any atom is -0.390 e. The van der Waals surface area contributed by atoms with Crippen molar-refractivity contribution in [3.8, 4) is 0 Å². The highest BCUT2D eigenvalue weighted by molar-refractivity contribution is 5.89. The summed E-state index contributed by atoms with van der Waals surface area (Å²) in [5, 5.41) is 27.2. The highest BCUT2D eigenvalue weighted by Gasteiger charge is 2.27. The molecule has 0 aliphatic carbocycles. The van der Waals surface area contributed by atoms with Crippen molar-refractivity contribution < 1.29 is 24.2 Å². The van der Waals surface area contributed by atoms with E-state index in [0.29, 0.717) is 51.3 Å². The molecule has 0 spiro atoms. The fraction of sp³-hybridized carbons (Fsp3) is 0.941. The SMILES string of the molecule is CC.CC.CC.CC.CC.CC.CC.CC.CCCC(C)C(C)(C)OCCC(C)(C)O.CNCCCCC(NC)C(=O)NCCCCC(NC(=O)C(CCCCN)NC)C(=O)NC. The molecule has 0 aromatic heterocycles. The third-order valence-electron chi connectivity index (χ3n) is 8.64. The number of hydrogen-bond donors (Lipinski definition) is 8. The molecule has 0 saturated carbocycles. The molecule has 4 atom stereocenters. The van der Waals surface area contributed by atoms with Crippen molar-refractivity contribution in [3.63, 3.8) is 0 Å². The van der Waals surface area contributed by atoms with E-state index in [0.717, 1.165) is 45.1 Å². The zero-order chi connectivity index (χ0) is 52.3. The molecule has 0 aromatic carbocycles. The zero-order valence-corrected chi connectivity index (χ0v) is 47.8. The first-order valence-electron chi connectivity index (χ1n) is 26.0. The summed E-state index contributed by atoms with van der Waals surface area (Å²) < 4.78 is 5.86. The van der Waals surface area contributed by atoms with Crippen molar-refractivity contribution in [2.75, 3.05) is 54.4 Å². The smallest absolute Gasteiger partial charge is 0.242 e. The van der Waals surface area contributed by atoms with Crippen LogP contribution in [0.4, 0.5) is 0 Å². The molecule has 392 valence electrons. The van der Waals surface area contributed by atoms with Crippen LogP contribution in [-0.2, 0) is 19.1 Å². The molecular weight excluding hydrogens is 791 g/mol. The number of nitrogens with one attached hydrogen (secondary N) is 6. The van der Waals surface area contributed by atoms with Crippen LogP contribution in [0.2, 0.25) is 0 Å². The maximum absolute atomic E-state index is 12.6. The van der Waals surface area contributed by atoms with Gasteiger partial charge in [0.25, 0.3) is 0 Å². The van der Waals surface area contributed by atoms with E-state index in [1.54, 1.807) is 21.1 Å². The maximum Gasteiger partial charge on any atom is 0.242 e. The van der Waals surface area contributed by atoms with Gasteiger partial charge in [-0.15, -0.1) is 0 Å². The number of unbranched alkanes of at least 4 members (excludes halogenated alkanes) is 3. The van der Waals surface area contributed by atoms with Crippen LogP contribution >= 0.6 is 0 Å². The highest BCUT2D eigenvalue weighted by Crippen LogP contribution is 2.26. The Morgan fingerprint density at radius 3 is 1.33 bits per heavy atom. The van der Waals surface area contributed by atoms with Gasteiger partial charge in [0.2, 0.25) is 17.7 Å². The van der Waals surface area contributed by atoms with Gasteiger partial charge in [-0.25, -0.2) is 0 Å². The molecular formula is C51H123N7O5. The van der Waals surface area contributed by atoms with Gasteiger partial charge in [-0.2, -0.15) is 0 Å². The molecule has 0 aliphatic heterocycles. The Labute approximate surface area is 397 Å². The third-order valence-corrected chi connectivity index (χ3v) is 8.64. The van der Waals surface area contributed by atoms with Crippen molar-refractivity contribution in [3.05, 3.63) is 0 Å². The summed E-state index contributed by atoms with van der Waals surface area (Å²) >= 11 is 0. The van der Waals surface area contributed by atoms with E-state index in [9.17, 15) is 19.5 Å². The van der Waals surface area contributed by atoms with E-state index in [1.807, 2.05) is 132 Å². The molecule has 0 radical (unpaired) electrons. The van der Waals surface area contributed by atoms with Crippen LogP contribution in [0.5, 0.6) is 0 Å². The number of amides is 3. The molecule has 0 fully saturated rings. The van der Waals surface area contributed by atoms with E-state index in [2.05, 4.69) is 59.6 Å². The topological polar surface area (TPSA) is 179 Å². The molecule has 4 unspecified atom stereocenters. The average Bonchev–Trinajstić information content (AvgIpc) is 3.32. The van der Waals surface area contributed by atoms with E-state index >= 15 is 0 Å². The van der Waals surface area contributed by atoms with Crippen LogP contribution in [0, 0.1) is 5.92 Å². The molecule has 9 N–H and O–H groups in total. The lowest BCUT2D eigenvalue weighted by Crippen LogP contribution is -2.51. The lowest BCUT2D eigenvalue weighted by atomic mass is 9.88. The minimum atomic E-state index is -0.621. The Balaban J connectivity index is -0.0000000943. The molecule has 63 heavy (non-hydrogen) atoms. The van der Waals surface area contributed by atoms with E-state index in [-0.39, 0.29) is 35.4 Å². The molecule has 0 heterocycles. The van der Waals surface area contributed by atoms with E-state index in [1.165, 1.54) is 12.8 Å². The molecule has 0 aliphatic rings. The van der Waals surface area contributed by atoms with E-state index in [4.69, 9.17) is 10.5 Å². The Hall–Kier alpha value is -1.83. The normalized spacial score (nSPS) is 11.4. The van der Waals surface area contributed by atoms with Crippen LogP contribution in [0.3, 0.4) is 0 Å². The second-order valence-corrected chi connectivity index (χ2v) is 13.7. The molecule has 0 saturated heterocycles. The van der Waals surface area contributed by atoms with Crippen LogP contribution in [-0.4, -0.2) is 107 Å². The van der Waals surface area contributed by atoms with Gasteiger partial charge in [0.05, 0.1) is 29.9 Å². The Kier molecular flexibility index (Phi) is 96.4. The van der Waals surface area contributed by atoms with Gasteiger partial charge in [-0.05, 0) is 126 Å². The second-order valence-electron chi connectivity index (χ2n) is 13.7. The van der Waals surface area contributed by atoms with Crippen molar-refractivity contribution in [1.82, 2.24) is 31.9 Å². The molecule has 12 nitrogen and oxygen atoms in total. The summed E-state index contributed by atoms with van der Waals surface area (Å²) in [6.07, 6.45) is 10.2. The minimum absolute atomic E-state index is 0.00227. The average molecular weight is 915 g/mol. The number of aliphatic hydroxyl groups is 1.